The zero-order chi connectivity index (χ0) is 16.6. The Kier molecular flexibility index (Phi) is 6.43. The molecule has 0 bridgehead atoms. The maximum atomic E-state index is 11.5. The molecule has 0 aliphatic carbocycles. The fraction of sp³-hybridized carbons (Fsp3) is 0.500. The number of rotatable bonds is 6. The molecule has 0 fully saturated rings. The van der Waals surface area contributed by atoms with Gasteiger partial charge in [-0.15, -0.1) is 0 Å². The molecular formula is C14H21N3O5. The van der Waals surface area contributed by atoms with Gasteiger partial charge in [0.25, 0.3) is 5.91 Å². The summed E-state index contributed by atoms with van der Waals surface area (Å²) in [5, 5.41) is 7.46. The number of ether oxygens (including phenoxy) is 1. The first-order valence-corrected chi connectivity index (χ1v) is 6.83. The summed E-state index contributed by atoms with van der Waals surface area (Å²) in [4.78, 5) is 34.3. The Morgan fingerprint density at radius 1 is 1.14 bits per heavy atom. The average molecular weight is 311 g/mol. The van der Waals surface area contributed by atoms with E-state index >= 15 is 0 Å². The molecule has 22 heavy (non-hydrogen) atoms. The van der Waals surface area contributed by atoms with Crippen LogP contribution in [0.2, 0.25) is 0 Å². The molecule has 3 N–H and O–H groups in total. The van der Waals surface area contributed by atoms with Gasteiger partial charge in [-0.25, -0.2) is 4.79 Å². The molecule has 0 spiro atoms. The Balaban J connectivity index is 2.11. The van der Waals surface area contributed by atoms with Crippen molar-refractivity contribution in [3.05, 3.63) is 24.2 Å². The van der Waals surface area contributed by atoms with E-state index in [0.717, 1.165) is 0 Å². The lowest BCUT2D eigenvalue weighted by Gasteiger charge is -2.19. The minimum Gasteiger partial charge on any atom is -0.459 e. The third-order valence-electron chi connectivity index (χ3n) is 2.27. The number of furan rings is 1. The summed E-state index contributed by atoms with van der Waals surface area (Å²) in [6.45, 7) is 5.48. The Labute approximate surface area is 128 Å². The smallest absolute Gasteiger partial charge is 0.408 e. The number of carbonyl (C=O) groups is 3. The lowest BCUT2D eigenvalue weighted by molar-refractivity contribution is -0.120. The fourth-order valence-electron chi connectivity index (χ4n) is 1.40. The quantitative estimate of drug-likeness (QED) is 0.668. The minimum atomic E-state index is -0.659. The second-order valence-corrected chi connectivity index (χ2v) is 5.44. The number of hydrogen-bond donors (Lipinski definition) is 3. The van der Waals surface area contributed by atoms with Crippen molar-refractivity contribution in [2.24, 2.45) is 0 Å². The highest BCUT2D eigenvalue weighted by Crippen LogP contribution is 2.05. The van der Waals surface area contributed by atoms with Crippen LogP contribution in [-0.4, -0.2) is 43.1 Å². The molecule has 0 saturated heterocycles. The maximum Gasteiger partial charge on any atom is 0.408 e. The largest absolute Gasteiger partial charge is 0.459 e. The van der Waals surface area contributed by atoms with E-state index in [1.807, 2.05) is 0 Å². The van der Waals surface area contributed by atoms with Crippen molar-refractivity contribution >= 4 is 17.9 Å². The summed E-state index contributed by atoms with van der Waals surface area (Å²) in [6.07, 6.45) is 0.743. The number of nitrogens with one attached hydrogen (secondary N) is 3. The third kappa shape index (κ3) is 7.32. The first-order valence-electron chi connectivity index (χ1n) is 6.83. The number of amides is 3. The molecule has 8 heteroatoms. The highest BCUT2D eigenvalue weighted by atomic mass is 16.6. The van der Waals surface area contributed by atoms with E-state index in [4.69, 9.17) is 9.15 Å². The molecule has 0 aliphatic heterocycles. The van der Waals surface area contributed by atoms with Gasteiger partial charge in [0.15, 0.2) is 5.76 Å². The number of hydrogen-bond acceptors (Lipinski definition) is 5. The molecule has 0 aromatic carbocycles. The van der Waals surface area contributed by atoms with Crippen molar-refractivity contribution < 1.29 is 23.5 Å². The fourth-order valence-corrected chi connectivity index (χ4v) is 1.40. The van der Waals surface area contributed by atoms with Gasteiger partial charge in [0.2, 0.25) is 5.91 Å². The molecule has 0 saturated carbocycles. The normalized spacial score (nSPS) is 10.7. The van der Waals surface area contributed by atoms with Crippen LogP contribution in [0, 0.1) is 0 Å². The number of alkyl carbamates (subject to hydrolysis) is 1. The van der Waals surface area contributed by atoms with E-state index in [9.17, 15) is 14.4 Å². The van der Waals surface area contributed by atoms with Crippen LogP contribution >= 0.6 is 0 Å². The van der Waals surface area contributed by atoms with Crippen LogP contribution in [0.25, 0.3) is 0 Å². The van der Waals surface area contributed by atoms with Gasteiger partial charge in [-0.2, -0.15) is 0 Å². The van der Waals surface area contributed by atoms with Crippen molar-refractivity contribution in [1.82, 2.24) is 16.0 Å². The highest BCUT2D eigenvalue weighted by Gasteiger charge is 2.16. The highest BCUT2D eigenvalue weighted by molar-refractivity contribution is 5.91. The van der Waals surface area contributed by atoms with Crippen LogP contribution in [0.15, 0.2) is 22.8 Å². The Morgan fingerprint density at radius 2 is 1.82 bits per heavy atom. The van der Waals surface area contributed by atoms with Crippen molar-refractivity contribution in [3.8, 4) is 0 Å². The second-order valence-electron chi connectivity index (χ2n) is 5.44. The predicted octanol–water partition coefficient (Wildman–Crippen LogP) is 0.650. The lowest BCUT2D eigenvalue weighted by Crippen LogP contribution is -2.41. The van der Waals surface area contributed by atoms with Gasteiger partial charge >= 0.3 is 6.09 Å². The van der Waals surface area contributed by atoms with Crippen molar-refractivity contribution in [2.75, 3.05) is 19.6 Å². The molecule has 0 atom stereocenters. The lowest BCUT2D eigenvalue weighted by atomic mass is 10.2. The average Bonchev–Trinajstić information content (AvgIpc) is 2.93. The van der Waals surface area contributed by atoms with E-state index in [-0.39, 0.29) is 37.2 Å². The molecule has 0 unspecified atom stereocenters. The van der Waals surface area contributed by atoms with Crippen LogP contribution in [-0.2, 0) is 9.53 Å². The van der Waals surface area contributed by atoms with E-state index in [1.165, 1.54) is 6.26 Å². The van der Waals surface area contributed by atoms with Gasteiger partial charge in [0.05, 0.1) is 12.8 Å². The van der Waals surface area contributed by atoms with Crippen molar-refractivity contribution in [2.45, 2.75) is 26.4 Å². The summed E-state index contributed by atoms with van der Waals surface area (Å²) in [5.74, 6) is -0.526. The zero-order valence-electron chi connectivity index (χ0n) is 12.9. The molecule has 0 radical (unpaired) electrons. The van der Waals surface area contributed by atoms with Gasteiger partial charge in [0, 0.05) is 13.1 Å². The van der Waals surface area contributed by atoms with Gasteiger partial charge in [-0.3, -0.25) is 9.59 Å². The van der Waals surface area contributed by atoms with E-state index < -0.39 is 11.7 Å². The SMILES string of the molecule is CC(C)(C)OC(=O)NCC(=O)NCCNC(=O)c1ccco1. The predicted molar refractivity (Wildman–Crippen MR) is 78.3 cm³/mol. The minimum absolute atomic E-state index is 0.193. The molecule has 1 aromatic heterocycles. The maximum absolute atomic E-state index is 11.5. The summed E-state index contributed by atoms with van der Waals surface area (Å²) >= 11 is 0. The monoisotopic (exact) mass is 311 g/mol. The zero-order valence-corrected chi connectivity index (χ0v) is 12.9. The molecule has 8 nitrogen and oxygen atoms in total. The first-order chi connectivity index (χ1) is 10.3. The summed E-state index contributed by atoms with van der Waals surface area (Å²) < 4.78 is 9.91. The molecule has 122 valence electrons. The Bertz CT molecular complexity index is 505. The summed E-state index contributed by atoms with van der Waals surface area (Å²) in [7, 11) is 0. The summed E-state index contributed by atoms with van der Waals surface area (Å²) in [5.41, 5.74) is -0.614. The second kappa shape index (κ2) is 8.06. The molecule has 1 rings (SSSR count). The van der Waals surface area contributed by atoms with Crippen LogP contribution < -0.4 is 16.0 Å². The van der Waals surface area contributed by atoms with Crippen LogP contribution in [0.1, 0.15) is 31.3 Å². The molecular weight excluding hydrogens is 290 g/mol. The van der Waals surface area contributed by atoms with E-state index in [2.05, 4.69) is 16.0 Å². The number of carbonyl (C=O) groups excluding carboxylic acids is 3. The molecule has 1 heterocycles. The summed E-state index contributed by atoms with van der Waals surface area (Å²) in [6, 6.07) is 3.15. The van der Waals surface area contributed by atoms with Gasteiger partial charge in [-0.1, -0.05) is 0 Å². The third-order valence-corrected chi connectivity index (χ3v) is 2.27. The first kappa shape index (κ1) is 17.5. The van der Waals surface area contributed by atoms with Gasteiger partial charge < -0.3 is 25.1 Å². The van der Waals surface area contributed by atoms with Crippen molar-refractivity contribution in [1.29, 1.82) is 0 Å². The Morgan fingerprint density at radius 3 is 2.41 bits per heavy atom. The Hall–Kier alpha value is -2.51. The van der Waals surface area contributed by atoms with Crippen LogP contribution in [0.5, 0.6) is 0 Å². The molecule has 0 aliphatic rings. The molecule has 1 aromatic rings. The van der Waals surface area contributed by atoms with Crippen LogP contribution in [0.4, 0.5) is 4.79 Å². The van der Waals surface area contributed by atoms with Gasteiger partial charge in [0.1, 0.15) is 5.60 Å². The van der Waals surface area contributed by atoms with Gasteiger partial charge in [-0.05, 0) is 32.9 Å². The van der Waals surface area contributed by atoms with Crippen molar-refractivity contribution in [3.63, 3.8) is 0 Å². The van der Waals surface area contributed by atoms with E-state index in [1.54, 1.807) is 32.9 Å². The topological polar surface area (TPSA) is 110 Å². The van der Waals surface area contributed by atoms with Crippen LogP contribution in [0.3, 0.4) is 0 Å². The standard InChI is InChI=1S/C14H21N3O5/c1-14(2,3)22-13(20)17-9-11(18)15-6-7-16-12(19)10-5-4-8-21-10/h4-5,8H,6-7,9H2,1-3H3,(H,15,18)(H,16,19)(H,17,20). The molecule has 3 amide bonds. The van der Waals surface area contributed by atoms with E-state index in [0.29, 0.717) is 0 Å².